The molecule has 1 aromatic heterocycles. The molecule has 0 bridgehead atoms. The summed E-state index contributed by atoms with van der Waals surface area (Å²) in [5.74, 6) is 0.0350. The summed E-state index contributed by atoms with van der Waals surface area (Å²) in [7, 11) is 1.74. The van der Waals surface area contributed by atoms with Gasteiger partial charge in [-0.25, -0.2) is 4.98 Å². The van der Waals surface area contributed by atoms with Gasteiger partial charge in [-0.3, -0.25) is 9.59 Å². The van der Waals surface area contributed by atoms with Crippen LogP contribution < -0.4 is 10.9 Å². The van der Waals surface area contributed by atoms with E-state index in [-0.39, 0.29) is 11.5 Å². The fraction of sp³-hybridized carbons (Fsp3) is 0.500. The fourth-order valence-corrected chi connectivity index (χ4v) is 3.94. The van der Waals surface area contributed by atoms with E-state index in [0.717, 1.165) is 48.1 Å². The Morgan fingerprint density at radius 1 is 1.30 bits per heavy atom. The van der Waals surface area contributed by atoms with Crippen molar-refractivity contribution in [2.75, 3.05) is 6.54 Å². The molecule has 1 heterocycles. The highest BCUT2D eigenvalue weighted by molar-refractivity contribution is 5.95. The number of rotatable bonds is 5. The first-order chi connectivity index (χ1) is 12.9. The van der Waals surface area contributed by atoms with Crippen LogP contribution in [0.1, 0.15) is 63.8 Å². The minimum Gasteiger partial charge on any atom is -0.349 e. The molecule has 0 aliphatic heterocycles. The van der Waals surface area contributed by atoms with Gasteiger partial charge in [-0.2, -0.15) is 0 Å². The molecular weight excluding hydrogens is 338 g/mol. The van der Waals surface area contributed by atoms with Crippen molar-refractivity contribution in [2.24, 2.45) is 7.05 Å². The Labute approximate surface area is 160 Å². The van der Waals surface area contributed by atoms with E-state index in [1.54, 1.807) is 24.7 Å². The maximum Gasteiger partial charge on any atom is 0.271 e. The maximum atomic E-state index is 12.6. The zero-order valence-electron chi connectivity index (χ0n) is 16.8. The van der Waals surface area contributed by atoms with Crippen LogP contribution in [0.15, 0.2) is 39.4 Å². The number of hydrogen-bond donors (Lipinski definition) is 1. The van der Waals surface area contributed by atoms with Crippen LogP contribution in [0.3, 0.4) is 0 Å². The van der Waals surface area contributed by atoms with Crippen molar-refractivity contribution < 1.29 is 4.79 Å². The molecule has 0 saturated heterocycles. The molecule has 0 atom stereocenters. The zero-order valence-corrected chi connectivity index (χ0v) is 16.8. The van der Waals surface area contributed by atoms with Gasteiger partial charge < -0.3 is 9.88 Å². The first-order valence-corrected chi connectivity index (χ1v) is 9.83. The van der Waals surface area contributed by atoms with E-state index in [1.165, 1.54) is 24.0 Å². The summed E-state index contributed by atoms with van der Waals surface area (Å²) in [5, 5.41) is 3.09. The van der Waals surface area contributed by atoms with E-state index >= 15 is 0 Å². The van der Waals surface area contributed by atoms with Crippen LogP contribution >= 0.6 is 0 Å². The number of carbonyl (C=O) groups excluding carboxylic acids is 1. The summed E-state index contributed by atoms with van der Waals surface area (Å²) < 4.78 is 1.56. The highest BCUT2D eigenvalue weighted by atomic mass is 16.1. The first kappa shape index (κ1) is 19.3. The summed E-state index contributed by atoms with van der Waals surface area (Å²) in [5.41, 5.74) is 7.09. The van der Waals surface area contributed by atoms with Gasteiger partial charge >= 0.3 is 0 Å². The summed E-state index contributed by atoms with van der Waals surface area (Å²) in [4.78, 5) is 28.9. The average Bonchev–Trinajstić information content (AvgIpc) is 3.10. The smallest absolute Gasteiger partial charge is 0.271 e. The third kappa shape index (κ3) is 4.12. The second-order valence-corrected chi connectivity index (χ2v) is 7.57. The van der Waals surface area contributed by atoms with Crippen LogP contribution in [0.5, 0.6) is 0 Å². The van der Waals surface area contributed by atoms with Gasteiger partial charge in [0.15, 0.2) is 0 Å². The Bertz CT molecular complexity index is 890. The molecule has 0 spiro atoms. The van der Waals surface area contributed by atoms with Crippen molar-refractivity contribution in [2.45, 2.75) is 59.3 Å². The van der Waals surface area contributed by atoms with Gasteiger partial charge in [0.2, 0.25) is 5.91 Å². The van der Waals surface area contributed by atoms with Gasteiger partial charge in [-0.15, -0.1) is 0 Å². The topological polar surface area (TPSA) is 64.0 Å². The molecule has 1 N–H and O–H groups in total. The van der Waals surface area contributed by atoms with Crippen molar-refractivity contribution in [3.05, 3.63) is 56.3 Å². The minimum atomic E-state index is -0.0810. The molecule has 0 aromatic carbocycles. The number of aryl methyl sites for hydroxylation is 2. The van der Waals surface area contributed by atoms with Crippen LogP contribution in [0.25, 0.3) is 5.57 Å². The fourth-order valence-electron chi connectivity index (χ4n) is 3.94. The van der Waals surface area contributed by atoms with E-state index in [1.807, 2.05) is 6.92 Å². The number of carbonyl (C=O) groups is 1. The molecule has 2 aliphatic rings. The number of aromatic nitrogens is 2. The molecule has 0 radical (unpaired) electrons. The molecule has 1 aromatic rings. The number of amides is 1. The SMILES string of the molecule is CC/C(CNC(=O)C1=CC2=C(CCCC2)C1)=C(/C)c1cn(C)c(=O)c(C)n1. The van der Waals surface area contributed by atoms with Gasteiger partial charge in [-0.05, 0) is 69.1 Å². The monoisotopic (exact) mass is 367 g/mol. The van der Waals surface area contributed by atoms with Crippen LogP contribution in [0.4, 0.5) is 0 Å². The van der Waals surface area contributed by atoms with E-state index < -0.39 is 0 Å². The molecular formula is C22H29N3O2. The summed E-state index contributed by atoms with van der Waals surface area (Å²) in [6.45, 7) is 6.32. The van der Waals surface area contributed by atoms with Gasteiger partial charge in [-0.1, -0.05) is 18.6 Å². The Morgan fingerprint density at radius 2 is 2.04 bits per heavy atom. The Hall–Kier alpha value is -2.43. The Kier molecular flexibility index (Phi) is 5.78. The van der Waals surface area contributed by atoms with Crippen LogP contribution in [-0.4, -0.2) is 22.0 Å². The van der Waals surface area contributed by atoms with Gasteiger partial charge in [0.1, 0.15) is 5.69 Å². The lowest BCUT2D eigenvalue weighted by atomic mass is 9.94. The number of hydrogen-bond acceptors (Lipinski definition) is 3. The number of nitrogens with zero attached hydrogens (tertiary/aromatic N) is 2. The summed E-state index contributed by atoms with van der Waals surface area (Å²) in [6.07, 6.45) is 10.2. The molecule has 0 unspecified atom stereocenters. The molecule has 2 aliphatic carbocycles. The highest BCUT2D eigenvalue weighted by Gasteiger charge is 2.22. The molecule has 3 rings (SSSR count). The van der Waals surface area contributed by atoms with Crippen molar-refractivity contribution in [3.63, 3.8) is 0 Å². The van der Waals surface area contributed by atoms with Crippen molar-refractivity contribution in [3.8, 4) is 0 Å². The maximum absolute atomic E-state index is 12.6. The lowest BCUT2D eigenvalue weighted by Gasteiger charge is -2.14. The predicted molar refractivity (Wildman–Crippen MR) is 108 cm³/mol. The third-order valence-corrected chi connectivity index (χ3v) is 5.71. The molecule has 144 valence electrons. The van der Waals surface area contributed by atoms with E-state index in [9.17, 15) is 9.59 Å². The van der Waals surface area contributed by atoms with Crippen molar-refractivity contribution in [1.29, 1.82) is 0 Å². The molecule has 0 saturated carbocycles. The van der Waals surface area contributed by atoms with Gasteiger partial charge in [0, 0.05) is 25.4 Å². The van der Waals surface area contributed by atoms with E-state index in [2.05, 4.69) is 23.3 Å². The molecule has 1 amide bonds. The lowest BCUT2D eigenvalue weighted by Crippen LogP contribution is -2.27. The predicted octanol–water partition coefficient (Wildman–Crippen LogP) is 3.59. The molecule has 27 heavy (non-hydrogen) atoms. The molecule has 5 nitrogen and oxygen atoms in total. The van der Waals surface area contributed by atoms with Crippen LogP contribution in [-0.2, 0) is 11.8 Å². The van der Waals surface area contributed by atoms with Crippen LogP contribution in [0.2, 0.25) is 0 Å². The van der Waals surface area contributed by atoms with Gasteiger partial charge in [0.25, 0.3) is 5.56 Å². The molecule has 0 fully saturated rings. The van der Waals surface area contributed by atoms with Crippen molar-refractivity contribution in [1.82, 2.24) is 14.9 Å². The Balaban J connectivity index is 1.71. The third-order valence-electron chi connectivity index (χ3n) is 5.71. The summed E-state index contributed by atoms with van der Waals surface area (Å²) in [6, 6.07) is 0. The molecule has 5 heteroatoms. The minimum absolute atomic E-state index is 0.0350. The summed E-state index contributed by atoms with van der Waals surface area (Å²) >= 11 is 0. The van der Waals surface area contributed by atoms with E-state index in [4.69, 9.17) is 0 Å². The Morgan fingerprint density at radius 3 is 2.70 bits per heavy atom. The van der Waals surface area contributed by atoms with Crippen LogP contribution in [0, 0.1) is 6.92 Å². The standard InChI is InChI=1S/C22H29N3O2/c1-5-16(14(2)20-13-25(4)22(27)15(3)24-20)12-23-21(26)19-10-17-8-6-7-9-18(17)11-19/h10,13H,5-9,11-12H2,1-4H3,(H,23,26)/b16-14+. The largest absolute Gasteiger partial charge is 0.349 e. The van der Waals surface area contributed by atoms with Gasteiger partial charge in [0.05, 0.1) is 5.69 Å². The first-order valence-electron chi connectivity index (χ1n) is 9.83. The van der Waals surface area contributed by atoms with E-state index in [0.29, 0.717) is 12.2 Å². The normalized spacial score (nSPS) is 17.4. The zero-order chi connectivity index (χ0) is 19.6. The second-order valence-electron chi connectivity index (χ2n) is 7.57. The number of allylic oxidation sites excluding steroid dienone is 4. The average molecular weight is 367 g/mol. The second kappa shape index (κ2) is 8.07. The quantitative estimate of drug-likeness (QED) is 0.865. The van der Waals surface area contributed by atoms with Crippen molar-refractivity contribution >= 4 is 11.5 Å². The number of nitrogens with one attached hydrogen (secondary N) is 1. The highest BCUT2D eigenvalue weighted by Crippen LogP contribution is 2.35. The lowest BCUT2D eigenvalue weighted by molar-refractivity contribution is -0.117.